The molecule has 0 aromatic rings. The number of hydrogen-bond donors (Lipinski definition) is 0. The van der Waals surface area contributed by atoms with Gasteiger partial charge in [-0.25, -0.2) is 0 Å². The zero-order valence-electron chi connectivity index (χ0n) is 30.4. The SMILES string of the molecule is CC(C)CCCCOC(=O)CCCCCCCCCCCCCCCC(C(C)C)C(C(=O)OCCCCC(C)C)C(C)C. The highest BCUT2D eigenvalue weighted by Gasteiger charge is 2.33. The Morgan fingerprint density at radius 1 is 0.442 bits per heavy atom. The molecule has 0 aliphatic carbocycles. The van der Waals surface area contributed by atoms with Crippen molar-refractivity contribution in [2.75, 3.05) is 13.2 Å². The topological polar surface area (TPSA) is 52.6 Å². The Labute approximate surface area is 269 Å². The van der Waals surface area contributed by atoms with Crippen LogP contribution in [0.1, 0.15) is 190 Å². The Morgan fingerprint density at radius 3 is 1.26 bits per heavy atom. The van der Waals surface area contributed by atoms with Gasteiger partial charge < -0.3 is 9.47 Å². The normalized spacial score (nSPS) is 13.3. The minimum absolute atomic E-state index is 0.00741. The third-order valence-corrected chi connectivity index (χ3v) is 9.09. The number of esters is 2. The maximum absolute atomic E-state index is 13.0. The summed E-state index contributed by atoms with van der Waals surface area (Å²) in [6.07, 6.45) is 25.0. The quantitative estimate of drug-likeness (QED) is 0.0601. The number of hydrogen-bond acceptors (Lipinski definition) is 4. The fraction of sp³-hybridized carbons (Fsp3) is 0.949. The predicted octanol–water partition coefficient (Wildman–Crippen LogP) is 12.1. The molecule has 0 radical (unpaired) electrons. The van der Waals surface area contributed by atoms with E-state index in [4.69, 9.17) is 9.47 Å². The van der Waals surface area contributed by atoms with Gasteiger partial charge in [0.25, 0.3) is 0 Å². The van der Waals surface area contributed by atoms with Gasteiger partial charge in [-0.2, -0.15) is 0 Å². The van der Waals surface area contributed by atoms with Crippen LogP contribution in [0.3, 0.4) is 0 Å². The predicted molar refractivity (Wildman–Crippen MR) is 185 cm³/mol. The summed E-state index contributed by atoms with van der Waals surface area (Å²) in [6.45, 7) is 19.1. The minimum atomic E-state index is -0.00741. The van der Waals surface area contributed by atoms with Gasteiger partial charge in [-0.1, -0.05) is 145 Å². The molecule has 0 aliphatic heterocycles. The van der Waals surface area contributed by atoms with Crippen molar-refractivity contribution in [3.8, 4) is 0 Å². The second-order valence-electron chi connectivity index (χ2n) is 15.0. The van der Waals surface area contributed by atoms with Crippen molar-refractivity contribution in [2.45, 2.75) is 190 Å². The van der Waals surface area contributed by atoms with E-state index in [9.17, 15) is 9.59 Å². The summed E-state index contributed by atoms with van der Waals surface area (Å²) in [5.41, 5.74) is 0. The van der Waals surface area contributed by atoms with Gasteiger partial charge in [0.1, 0.15) is 0 Å². The van der Waals surface area contributed by atoms with E-state index < -0.39 is 0 Å². The van der Waals surface area contributed by atoms with Crippen molar-refractivity contribution in [3.05, 3.63) is 0 Å². The first kappa shape index (κ1) is 41.9. The van der Waals surface area contributed by atoms with Gasteiger partial charge in [0, 0.05) is 6.42 Å². The Kier molecular flexibility index (Phi) is 27.7. The average Bonchev–Trinajstić information content (AvgIpc) is 2.93. The largest absolute Gasteiger partial charge is 0.466 e. The Hall–Kier alpha value is -1.06. The highest BCUT2D eigenvalue weighted by Crippen LogP contribution is 2.33. The Morgan fingerprint density at radius 2 is 0.837 bits per heavy atom. The summed E-state index contributed by atoms with van der Waals surface area (Å²) in [7, 11) is 0. The second kappa shape index (κ2) is 28.4. The molecule has 0 aromatic heterocycles. The maximum atomic E-state index is 13.0. The zero-order chi connectivity index (χ0) is 32.3. The van der Waals surface area contributed by atoms with Crippen molar-refractivity contribution in [2.24, 2.45) is 35.5 Å². The summed E-state index contributed by atoms with van der Waals surface area (Å²) < 4.78 is 11.1. The first-order valence-corrected chi connectivity index (χ1v) is 18.9. The van der Waals surface area contributed by atoms with Gasteiger partial charge in [-0.3, -0.25) is 9.59 Å². The lowest BCUT2D eigenvalue weighted by Crippen LogP contribution is -2.33. The van der Waals surface area contributed by atoms with Crippen molar-refractivity contribution >= 4 is 11.9 Å². The summed E-state index contributed by atoms with van der Waals surface area (Å²) in [4.78, 5) is 24.8. The fourth-order valence-corrected chi connectivity index (χ4v) is 6.30. The highest BCUT2D eigenvalue weighted by molar-refractivity contribution is 5.73. The number of rotatable bonds is 30. The zero-order valence-corrected chi connectivity index (χ0v) is 30.4. The van der Waals surface area contributed by atoms with Crippen LogP contribution < -0.4 is 0 Å². The molecule has 0 bridgehead atoms. The molecule has 2 unspecified atom stereocenters. The number of ether oxygens (including phenoxy) is 2. The lowest BCUT2D eigenvalue weighted by Gasteiger charge is -2.31. The van der Waals surface area contributed by atoms with Crippen molar-refractivity contribution in [1.29, 1.82) is 0 Å². The summed E-state index contributed by atoms with van der Waals surface area (Å²) in [6, 6.07) is 0. The van der Waals surface area contributed by atoms with Crippen molar-refractivity contribution < 1.29 is 19.1 Å². The summed E-state index contributed by atoms with van der Waals surface area (Å²) >= 11 is 0. The van der Waals surface area contributed by atoms with Crippen molar-refractivity contribution in [1.82, 2.24) is 0 Å². The van der Waals surface area contributed by atoms with E-state index in [2.05, 4.69) is 55.4 Å². The lowest BCUT2D eigenvalue weighted by molar-refractivity contribution is -0.153. The summed E-state index contributed by atoms with van der Waals surface area (Å²) in [5, 5.41) is 0. The van der Waals surface area contributed by atoms with E-state index in [0.29, 0.717) is 37.4 Å². The Bertz CT molecular complexity index is 639. The monoisotopic (exact) mass is 609 g/mol. The van der Waals surface area contributed by atoms with Crippen LogP contribution >= 0.6 is 0 Å². The van der Waals surface area contributed by atoms with E-state index >= 15 is 0 Å². The first-order chi connectivity index (χ1) is 20.6. The minimum Gasteiger partial charge on any atom is -0.466 e. The van der Waals surface area contributed by atoms with Gasteiger partial charge in [0.15, 0.2) is 0 Å². The molecule has 2 atom stereocenters. The Balaban J connectivity index is 3.80. The molecule has 0 aromatic carbocycles. The van der Waals surface area contributed by atoms with E-state index in [1.165, 1.54) is 83.5 Å². The van der Waals surface area contributed by atoms with Crippen LogP contribution in [0, 0.1) is 35.5 Å². The number of carbonyl (C=O) groups excluding carboxylic acids is 2. The van der Waals surface area contributed by atoms with Gasteiger partial charge in [-0.15, -0.1) is 0 Å². The number of carbonyl (C=O) groups is 2. The standard InChI is InChI=1S/C39H76O4/c1-32(2)26-22-24-30-42-37(40)29-21-19-17-15-13-11-9-10-12-14-16-18-20-28-36(34(5)6)38(35(7)8)39(41)43-31-25-23-27-33(3)4/h32-36,38H,9-31H2,1-8H3. The van der Waals surface area contributed by atoms with Crippen LogP contribution in [0.2, 0.25) is 0 Å². The highest BCUT2D eigenvalue weighted by atomic mass is 16.5. The molecule has 0 aliphatic rings. The second-order valence-corrected chi connectivity index (χ2v) is 15.0. The van der Waals surface area contributed by atoms with Crippen LogP contribution in [0.15, 0.2) is 0 Å². The van der Waals surface area contributed by atoms with E-state index in [0.717, 1.165) is 56.8 Å². The molecule has 4 heteroatoms. The molecule has 0 fully saturated rings. The third-order valence-electron chi connectivity index (χ3n) is 9.09. The van der Waals surface area contributed by atoms with Crippen LogP contribution in [-0.4, -0.2) is 25.2 Å². The van der Waals surface area contributed by atoms with Gasteiger partial charge in [-0.05, 0) is 68.1 Å². The molecule has 0 heterocycles. The van der Waals surface area contributed by atoms with Crippen LogP contribution in [0.4, 0.5) is 0 Å². The lowest BCUT2D eigenvalue weighted by atomic mass is 9.74. The van der Waals surface area contributed by atoms with Crippen molar-refractivity contribution in [3.63, 3.8) is 0 Å². The summed E-state index contributed by atoms with van der Waals surface area (Å²) in [5.74, 6) is 2.76. The van der Waals surface area contributed by atoms with Gasteiger partial charge in [0.2, 0.25) is 0 Å². The molecule has 0 saturated carbocycles. The first-order valence-electron chi connectivity index (χ1n) is 18.9. The van der Waals surface area contributed by atoms with E-state index in [-0.39, 0.29) is 17.9 Å². The van der Waals surface area contributed by atoms with Crippen LogP contribution in [-0.2, 0) is 19.1 Å². The van der Waals surface area contributed by atoms with E-state index in [1.807, 2.05) is 0 Å². The van der Waals surface area contributed by atoms with Crippen LogP contribution in [0.25, 0.3) is 0 Å². The smallest absolute Gasteiger partial charge is 0.309 e. The molecule has 256 valence electrons. The molecular weight excluding hydrogens is 532 g/mol. The molecule has 4 nitrogen and oxygen atoms in total. The maximum Gasteiger partial charge on any atom is 0.309 e. The molecule has 0 amide bonds. The molecule has 0 spiro atoms. The average molecular weight is 609 g/mol. The fourth-order valence-electron chi connectivity index (χ4n) is 6.30. The van der Waals surface area contributed by atoms with Crippen LogP contribution in [0.5, 0.6) is 0 Å². The van der Waals surface area contributed by atoms with E-state index in [1.54, 1.807) is 0 Å². The molecule has 43 heavy (non-hydrogen) atoms. The van der Waals surface area contributed by atoms with Gasteiger partial charge in [0.05, 0.1) is 19.1 Å². The molecule has 0 N–H and O–H groups in total. The molecule has 0 saturated heterocycles. The molecular formula is C39H76O4. The number of unbranched alkanes of at least 4 members (excludes halogenated alkanes) is 14. The molecule has 0 rings (SSSR count). The third kappa shape index (κ3) is 25.9. The van der Waals surface area contributed by atoms with Gasteiger partial charge >= 0.3 is 11.9 Å².